The first-order valence-electron chi connectivity index (χ1n) is 7.10. The van der Waals surface area contributed by atoms with E-state index in [-0.39, 0.29) is 11.9 Å². The molecule has 2 aromatic rings. The van der Waals surface area contributed by atoms with Crippen molar-refractivity contribution in [3.05, 3.63) is 40.9 Å². The lowest BCUT2D eigenvalue weighted by atomic mass is 10.2. The zero-order valence-electron chi connectivity index (χ0n) is 12.4. The SMILES string of the molecule is Cc1nc(-c2ccccc2)sc1CNC(=O)CCC(C)N. The summed E-state index contributed by atoms with van der Waals surface area (Å²) < 4.78 is 0. The van der Waals surface area contributed by atoms with Gasteiger partial charge in [0.05, 0.1) is 12.2 Å². The molecule has 2 rings (SSSR count). The first-order valence-corrected chi connectivity index (χ1v) is 7.92. The van der Waals surface area contributed by atoms with Crippen molar-refractivity contribution in [3.8, 4) is 10.6 Å². The highest BCUT2D eigenvalue weighted by Gasteiger charge is 2.10. The summed E-state index contributed by atoms with van der Waals surface area (Å²) in [5.74, 6) is 0.0429. The molecule has 0 aliphatic heterocycles. The Morgan fingerprint density at radius 2 is 2.10 bits per heavy atom. The lowest BCUT2D eigenvalue weighted by Crippen LogP contribution is -2.25. The monoisotopic (exact) mass is 303 g/mol. The highest BCUT2D eigenvalue weighted by molar-refractivity contribution is 7.15. The third kappa shape index (κ3) is 4.65. The Balaban J connectivity index is 1.96. The lowest BCUT2D eigenvalue weighted by Gasteiger charge is -2.06. The number of aryl methyl sites for hydroxylation is 1. The first-order chi connectivity index (χ1) is 10.1. The van der Waals surface area contributed by atoms with Crippen molar-refractivity contribution in [3.63, 3.8) is 0 Å². The summed E-state index contributed by atoms with van der Waals surface area (Å²) >= 11 is 1.63. The molecule has 0 saturated carbocycles. The van der Waals surface area contributed by atoms with E-state index in [4.69, 9.17) is 5.73 Å². The van der Waals surface area contributed by atoms with Gasteiger partial charge in [0.15, 0.2) is 0 Å². The van der Waals surface area contributed by atoms with Gasteiger partial charge >= 0.3 is 0 Å². The summed E-state index contributed by atoms with van der Waals surface area (Å²) in [6, 6.07) is 10.1. The van der Waals surface area contributed by atoms with Crippen LogP contribution in [0.2, 0.25) is 0 Å². The molecule has 0 radical (unpaired) electrons. The molecular formula is C16H21N3OS. The number of carbonyl (C=O) groups excluding carboxylic acids is 1. The predicted molar refractivity (Wildman–Crippen MR) is 87.0 cm³/mol. The maximum atomic E-state index is 11.7. The summed E-state index contributed by atoms with van der Waals surface area (Å²) in [4.78, 5) is 17.4. The molecule has 0 aliphatic rings. The molecule has 5 heteroatoms. The number of thiazole rings is 1. The van der Waals surface area contributed by atoms with E-state index in [0.29, 0.717) is 19.4 Å². The van der Waals surface area contributed by atoms with Crippen LogP contribution in [0, 0.1) is 6.92 Å². The standard InChI is InChI=1S/C16H21N3OS/c1-11(17)8-9-15(20)18-10-14-12(2)19-16(21-14)13-6-4-3-5-7-13/h3-7,11H,8-10,17H2,1-2H3,(H,18,20). The van der Waals surface area contributed by atoms with Crippen molar-refractivity contribution >= 4 is 17.2 Å². The molecular weight excluding hydrogens is 282 g/mol. The largest absolute Gasteiger partial charge is 0.351 e. The van der Waals surface area contributed by atoms with Gasteiger partial charge < -0.3 is 11.1 Å². The molecule has 4 nitrogen and oxygen atoms in total. The van der Waals surface area contributed by atoms with Crippen LogP contribution < -0.4 is 11.1 Å². The number of nitrogens with zero attached hydrogens (tertiary/aromatic N) is 1. The predicted octanol–water partition coefficient (Wildman–Crippen LogP) is 2.86. The fourth-order valence-electron chi connectivity index (χ4n) is 1.92. The minimum absolute atomic E-state index is 0.0429. The molecule has 1 amide bonds. The molecule has 1 heterocycles. The molecule has 0 fully saturated rings. The van der Waals surface area contributed by atoms with E-state index >= 15 is 0 Å². The molecule has 1 aromatic heterocycles. The van der Waals surface area contributed by atoms with Gasteiger partial charge in [-0.2, -0.15) is 0 Å². The Hall–Kier alpha value is -1.72. The first kappa shape index (κ1) is 15.7. The fourth-order valence-corrected chi connectivity index (χ4v) is 2.93. The second-order valence-corrected chi connectivity index (χ2v) is 6.27. The molecule has 0 saturated heterocycles. The molecule has 1 atom stereocenters. The van der Waals surface area contributed by atoms with Crippen molar-refractivity contribution in [2.24, 2.45) is 5.73 Å². The van der Waals surface area contributed by atoms with Crippen LogP contribution in [0.3, 0.4) is 0 Å². The average Bonchev–Trinajstić information content (AvgIpc) is 2.85. The van der Waals surface area contributed by atoms with E-state index in [1.165, 1.54) is 0 Å². The number of hydrogen-bond acceptors (Lipinski definition) is 4. The zero-order chi connectivity index (χ0) is 15.2. The molecule has 21 heavy (non-hydrogen) atoms. The number of rotatable bonds is 6. The summed E-state index contributed by atoms with van der Waals surface area (Å²) in [6.45, 7) is 4.42. The Kier molecular flexibility index (Phi) is 5.47. The third-order valence-electron chi connectivity index (χ3n) is 3.19. The third-order valence-corrected chi connectivity index (χ3v) is 4.39. The normalized spacial score (nSPS) is 12.1. The molecule has 0 aliphatic carbocycles. The molecule has 112 valence electrons. The topological polar surface area (TPSA) is 68.0 Å². The van der Waals surface area contributed by atoms with Gasteiger partial charge in [0.2, 0.25) is 5.91 Å². The number of amides is 1. The minimum Gasteiger partial charge on any atom is -0.351 e. The highest BCUT2D eigenvalue weighted by atomic mass is 32.1. The molecule has 3 N–H and O–H groups in total. The van der Waals surface area contributed by atoms with Crippen LogP contribution in [-0.4, -0.2) is 16.9 Å². The molecule has 1 aromatic carbocycles. The molecule has 0 bridgehead atoms. The summed E-state index contributed by atoms with van der Waals surface area (Å²) in [5, 5.41) is 3.93. The van der Waals surface area contributed by atoms with Crippen LogP contribution in [0.1, 0.15) is 30.3 Å². The fraction of sp³-hybridized carbons (Fsp3) is 0.375. The Morgan fingerprint density at radius 3 is 2.76 bits per heavy atom. The van der Waals surface area contributed by atoms with Crippen LogP contribution in [0.5, 0.6) is 0 Å². The molecule has 1 unspecified atom stereocenters. The van der Waals surface area contributed by atoms with Gasteiger partial charge in [-0.25, -0.2) is 4.98 Å². The summed E-state index contributed by atoms with van der Waals surface area (Å²) in [6.07, 6.45) is 1.18. The van der Waals surface area contributed by atoms with Gasteiger partial charge in [-0.15, -0.1) is 11.3 Å². The van der Waals surface area contributed by atoms with Gasteiger partial charge in [0, 0.05) is 22.9 Å². The highest BCUT2D eigenvalue weighted by Crippen LogP contribution is 2.27. The molecule has 0 spiro atoms. The number of carbonyl (C=O) groups is 1. The van der Waals surface area contributed by atoms with Crippen LogP contribution in [0.15, 0.2) is 30.3 Å². The van der Waals surface area contributed by atoms with Crippen molar-refractivity contribution in [2.75, 3.05) is 0 Å². The van der Waals surface area contributed by atoms with Crippen LogP contribution >= 0.6 is 11.3 Å². The average molecular weight is 303 g/mol. The summed E-state index contributed by atoms with van der Waals surface area (Å²) in [7, 11) is 0. The maximum Gasteiger partial charge on any atom is 0.220 e. The second-order valence-electron chi connectivity index (χ2n) is 5.19. The van der Waals surface area contributed by atoms with Crippen molar-refractivity contribution < 1.29 is 4.79 Å². The summed E-state index contributed by atoms with van der Waals surface area (Å²) in [5.41, 5.74) is 7.74. The number of benzene rings is 1. The number of aromatic nitrogens is 1. The van der Waals surface area contributed by atoms with Gasteiger partial charge in [-0.3, -0.25) is 4.79 Å². The van der Waals surface area contributed by atoms with Crippen molar-refractivity contribution in [2.45, 2.75) is 39.3 Å². The minimum atomic E-state index is 0.0429. The maximum absolute atomic E-state index is 11.7. The van der Waals surface area contributed by atoms with E-state index in [2.05, 4.69) is 10.3 Å². The van der Waals surface area contributed by atoms with E-state index in [1.807, 2.05) is 44.2 Å². The van der Waals surface area contributed by atoms with Gasteiger partial charge in [-0.05, 0) is 20.3 Å². The van der Waals surface area contributed by atoms with Gasteiger partial charge in [-0.1, -0.05) is 30.3 Å². The van der Waals surface area contributed by atoms with Crippen LogP contribution in [0.25, 0.3) is 10.6 Å². The zero-order valence-corrected chi connectivity index (χ0v) is 13.2. The number of nitrogens with two attached hydrogens (primary N) is 1. The Labute approximate surface area is 129 Å². The van der Waals surface area contributed by atoms with Crippen molar-refractivity contribution in [1.29, 1.82) is 0 Å². The van der Waals surface area contributed by atoms with Crippen LogP contribution in [-0.2, 0) is 11.3 Å². The van der Waals surface area contributed by atoms with Gasteiger partial charge in [0.1, 0.15) is 5.01 Å². The van der Waals surface area contributed by atoms with E-state index in [1.54, 1.807) is 11.3 Å². The van der Waals surface area contributed by atoms with Gasteiger partial charge in [0.25, 0.3) is 0 Å². The van der Waals surface area contributed by atoms with E-state index in [0.717, 1.165) is 21.1 Å². The van der Waals surface area contributed by atoms with Crippen LogP contribution in [0.4, 0.5) is 0 Å². The second kappa shape index (κ2) is 7.33. The Bertz CT molecular complexity index is 593. The van der Waals surface area contributed by atoms with E-state index in [9.17, 15) is 4.79 Å². The number of nitrogens with one attached hydrogen (secondary N) is 1. The van der Waals surface area contributed by atoms with E-state index < -0.39 is 0 Å². The quantitative estimate of drug-likeness (QED) is 0.862. The Morgan fingerprint density at radius 1 is 1.38 bits per heavy atom. The smallest absolute Gasteiger partial charge is 0.220 e. The lowest BCUT2D eigenvalue weighted by molar-refractivity contribution is -0.121. The number of hydrogen-bond donors (Lipinski definition) is 2. The van der Waals surface area contributed by atoms with Crippen molar-refractivity contribution in [1.82, 2.24) is 10.3 Å².